The second-order valence-electron chi connectivity index (χ2n) is 9.70. The van der Waals surface area contributed by atoms with Gasteiger partial charge in [-0.3, -0.25) is 0 Å². The van der Waals surface area contributed by atoms with Crippen molar-refractivity contribution in [3.05, 3.63) is 107 Å². The summed E-state index contributed by atoms with van der Waals surface area (Å²) >= 11 is 0. The largest absolute Gasteiger partial charge is 0.423 e. The molecule has 0 amide bonds. The quantitative estimate of drug-likeness (QED) is 0.221. The SMILES string of the molecule is CC(C)([SiH2]OCCCCCc1ccccc1CCCO)C(c1ccccc1)c1ccccc1. The van der Waals surface area contributed by atoms with E-state index in [1.165, 1.54) is 35.1 Å². The van der Waals surface area contributed by atoms with Gasteiger partial charge in [0, 0.05) is 19.1 Å². The second-order valence-corrected chi connectivity index (χ2v) is 12.2. The van der Waals surface area contributed by atoms with E-state index < -0.39 is 9.76 Å². The van der Waals surface area contributed by atoms with E-state index in [0.717, 1.165) is 32.3 Å². The number of unbranched alkanes of at least 4 members (excludes halogenated alkanes) is 2. The van der Waals surface area contributed by atoms with Gasteiger partial charge in [-0.05, 0) is 59.4 Å². The predicted molar refractivity (Wildman–Crippen MR) is 143 cm³/mol. The van der Waals surface area contributed by atoms with Crippen molar-refractivity contribution in [2.45, 2.75) is 63.3 Å². The first-order valence-electron chi connectivity index (χ1n) is 12.5. The number of hydrogen-bond acceptors (Lipinski definition) is 2. The lowest BCUT2D eigenvalue weighted by molar-refractivity contribution is 0.288. The van der Waals surface area contributed by atoms with Crippen molar-refractivity contribution in [2.75, 3.05) is 13.2 Å². The standard InChI is InChI=1S/C30H40O2Si/c1-30(2,29(27-18-6-3-7-19-27)28-20-8-4-9-21-28)33-32-24-13-5-10-15-25-16-11-12-17-26(25)22-14-23-31/h3-4,6-9,11-12,16-21,29,31H,5,10,13-15,22-24,33H2,1-2H3. The van der Waals surface area contributed by atoms with Crippen LogP contribution in [0.1, 0.15) is 67.7 Å². The Labute approximate surface area is 203 Å². The number of aliphatic hydroxyl groups excluding tert-OH is 1. The third-order valence-electron chi connectivity index (χ3n) is 6.48. The lowest BCUT2D eigenvalue weighted by atomic mass is 9.82. The van der Waals surface area contributed by atoms with Crippen LogP contribution in [-0.2, 0) is 17.3 Å². The minimum absolute atomic E-state index is 0.133. The van der Waals surface area contributed by atoms with Gasteiger partial charge in [0.05, 0.1) is 0 Å². The van der Waals surface area contributed by atoms with Gasteiger partial charge in [0.1, 0.15) is 0 Å². The number of aliphatic hydroxyl groups is 1. The summed E-state index contributed by atoms with van der Waals surface area (Å²) in [4.78, 5) is 0. The molecule has 0 radical (unpaired) electrons. The summed E-state index contributed by atoms with van der Waals surface area (Å²) in [6.07, 6.45) is 6.46. The number of hydrogen-bond donors (Lipinski definition) is 1. The predicted octanol–water partition coefficient (Wildman–Crippen LogP) is 6.46. The van der Waals surface area contributed by atoms with Crippen LogP contribution in [0.2, 0.25) is 5.04 Å². The molecule has 0 aliphatic rings. The Morgan fingerprint density at radius 1 is 0.697 bits per heavy atom. The van der Waals surface area contributed by atoms with Crippen molar-refractivity contribution >= 4 is 9.76 Å². The van der Waals surface area contributed by atoms with Crippen molar-refractivity contribution in [2.24, 2.45) is 0 Å². The summed E-state index contributed by atoms with van der Waals surface area (Å²) in [6, 6.07) is 30.5. The van der Waals surface area contributed by atoms with Gasteiger partial charge in [-0.25, -0.2) is 0 Å². The van der Waals surface area contributed by atoms with Crippen LogP contribution in [0, 0.1) is 0 Å². The smallest absolute Gasteiger partial charge is 0.168 e. The van der Waals surface area contributed by atoms with Crippen LogP contribution >= 0.6 is 0 Å². The van der Waals surface area contributed by atoms with Gasteiger partial charge in [-0.15, -0.1) is 0 Å². The molecule has 0 saturated carbocycles. The average Bonchev–Trinajstić information content (AvgIpc) is 2.84. The van der Waals surface area contributed by atoms with Crippen molar-refractivity contribution in [3.63, 3.8) is 0 Å². The highest BCUT2D eigenvalue weighted by Crippen LogP contribution is 2.45. The first kappa shape index (κ1) is 25.4. The normalized spacial score (nSPS) is 12.1. The molecule has 33 heavy (non-hydrogen) atoms. The van der Waals surface area contributed by atoms with E-state index >= 15 is 0 Å². The molecule has 3 rings (SSSR count). The fraction of sp³-hybridized carbons (Fsp3) is 0.400. The maximum atomic E-state index is 9.13. The molecule has 0 aromatic heterocycles. The first-order valence-corrected chi connectivity index (χ1v) is 13.8. The van der Waals surface area contributed by atoms with E-state index in [4.69, 9.17) is 9.53 Å². The molecule has 3 aromatic rings. The van der Waals surface area contributed by atoms with E-state index in [2.05, 4.69) is 98.8 Å². The molecule has 0 aliphatic carbocycles. The Hall–Kier alpha value is -2.20. The molecule has 2 nitrogen and oxygen atoms in total. The van der Waals surface area contributed by atoms with Crippen molar-refractivity contribution < 1.29 is 9.53 Å². The highest BCUT2D eigenvalue weighted by atomic mass is 28.2. The van der Waals surface area contributed by atoms with Crippen LogP contribution in [0.25, 0.3) is 0 Å². The molecule has 0 aliphatic heterocycles. The molecular weight excluding hydrogens is 420 g/mol. The molecule has 3 aromatic carbocycles. The Bertz CT molecular complexity index is 885. The Morgan fingerprint density at radius 2 is 1.21 bits per heavy atom. The Balaban J connectivity index is 1.46. The molecule has 0 bridgehead atoms. The fourth-order valence-corrected chi connectivity index (χ4v) is 6.33. The lowest BCUT2D eigenvalue weighted by Gasteiger charge is -2.34. The minimum Gasteiger partial charge on any atom is -0.423 e. The molecule has 0 saturated heterocycles. The van der Waals surface area contributed by atoms with Crippen LogP contribution in [0.3, 0.4) is 0 Å². The van der Waals surface area contributed by atoms with Crippen molar-refractivity contribution in [1.82, 2.24) is 0 Å². The fourth-order valence-electron chi connectivity index (χ4n) is 4.82. The molecule has 0 spiro atoms. The number of rotatable bonds is 14. The topological polar surface area (TPSA) is 29.5 Å². The lowest BCUT2D eigenvalue weighted by Crippen LogP contribution is -2.25. The number of benzene rings is 3. The van der Waals surface area contributed by atoms with E-state index in [-0.39, 0.29) is 11.6 Å². The third-order valence-corrected chi connectivity index (χ3v) is 8.12. The van der Waals surface area contributed by atoms with Gasteiger partial charge in [0.25, 0.3) is 0 Å². The van der Waals surface area contributed by atoms with Crippen LogP contribution in [0.4, 0.5) is 0 Å². The molecule has 0 atom stereocenters. The highest BCUT2D eigenvalue weighted by molar-refractivity contribution is 6.32. The van der Waals surface area contributed by atoms with E-state index in [9.17, 15) is 0 Å². The highest BCUT2D eigenvalue weighted by Gasteiger charge is 2.33. The molecule has 3 heteroatoms. The monoisotopic (exact) mass is 460 g/mol. The van der Waals surface area contributed by atoms with Crippen LogP contribution < -0.4 is 0 Å². The zero-order valence-corrected chi connectivity index (χ0v) is 21.8. The van der Waals surface area contributed by atoms with E-state index in [1.54, 1.807) is 0 Å². The van der Waals surface area contributed by atoms with Gasteiger partial charge < -0.3 is 9.53 Å². The van der Waals surface area contributed by atoms with Crippen LogP contribution in [-0.4, -0.2) is 28.1 Å². The molecule has 0 fully saturated rings. The second kappa shape index (κ2) is 13.5. The minimum atomic E-state index is -0.721. The summed E-state index contributed by atoms with van der Waals surface area (Å²) in [5, 5.41) is 9.26. The van der Waals surface area contributed by atoms with Crippen LogP contribution in [0.5, 0.6) is 0 Å². The maximum Gasteiger partial charge on any atom is 0.168 e. The average molecular weight is 461 g/mol. The van der Waals surface area contributed by atoms with Gasteiger partial charge in [-0.1, -0.05) is 105 Å². The summed E-state index contributed by atoms with van der Waals surface area (Å²) in [5.41, 5.74) is 5.59. The Morgan fingerprint density at radius 3 is 1.76 bits per heavy atom. The summed E-state index contributed by atoms with van der Waals surface area (Å²) < 4.78 is 6.36. The van der Waals surface area contributed by atoms with E-state index in [1.807, 2.05) is 0 Å². The van der Waals surface area contributed by atoms with Gasteiger partial charge >= 0.3 is 0 Å². The maximum absolute atomic E-state index is 9.13. The summed E-state index contributed by atoms with van der Waals surface area (Å²) in [5.74, 6) is 0.363. The molecule has 1 N–H and O–H groups in total. The van der Waals surface area contributed by atoms with E-state index in [0.29, 0.717) is 5.92 Å². The summed E-state index contributed by atoms with van der Waals surface area (Å²) in [7, 11) is -0.721. The van der Waals surface area contributed by atoms with Crippen LogP contribution in [0.15, 0.2) is 84.9 Å². The first-order chi connectivity index (χ1) is 16.1. The van der Waals surface area contributed by atoms with Crippen molar-refractivity contribution in [1.29, 1.82) is 0 Å². The van der Waals surface area contributed by atoms with Crippen molar-refractivity contribution in [3.8, 4) is 0 Å². The molecule has 0 unspecified atom stereocenters. The van der Waals surface area contributed by atoms with Gasteiger partial charge in [0.2, 0.25) is 0 Å². The molecule has 0 heterocycles. The zero-order valence-electron chi connectivity index (χ0n) is 20.4. The number of aryl methyl sites for hydroxylation is 2. The zero-order chi connectivity index (χ0) is 23.4. The third kappa shape index (κ3) is 7.96. The summed E-state index contributed by atoms with van der Waals surface area (Å²) in [6.45, 7) is 5.90. The Kier molecular flexibility index (Phi) is 10.4. The van der Waals surface area contributed by atoms with Gasteiger partial charge in [-0.2, -0.15) is 0 Å². The molecular formula is C30H40O2Si. The molecule has 176 valence electrons. The van der Waals surface area contributed by atoms with Gasteiger partial charge in [0.15, 0.2) is 9.76 Å².